The zero-order valence-electron chi connectivity index (χ0n) is 20.0. The molecule has 36 heavy (non-hydrogen) atoms. The van der Waals surface area contributed by atoms with Crippen LogP contribution in [-0.2, 0) is 10.2 Å². The average Bonchev–Trinajstić information content (AvgIpc) is 2.85. The topological polar surface area (TPSA) is 118 Å². The first-order valence-corrected chi connectivity index (χ1v) is 11.2. The number of rotatable bonds is 5. The number of carboxylic acids is 1. The molecule has 184 valence electrons. The van der Waals surface area contributed by atoms with Gasteiger partial charge < -0.3 is 25.5 Å². The third kappa shape index (κ3) is 6.67. The Balaban J connectivity index is 0.000000202. The summed E-state index contributed by atoms with van der Waals surface area (Å²) in [5.74, 6) is -0.282. The fourth-order valence-corrected chi connectivity index (χ4v) is 3.66. The van der Waals surface area contributed by atoms with E-state index in [1.165, 1.54) is 24.3 Å². The summed E-state index contributed by atoms with van der Waals surface area (Å²) in [7, 11) is 0. The van der Waals surface area contributed by atoms with Gasteiger partial charge in [0, 0.05) is 11.5 Å². The van der Waals surface area contributed by atoms with Crippen molar-refractivity contribution in [2.75, 3.05) is 0 Å². The quantitative estimate of drug-likeness (QED) is 0.221. The summed E-state index contributed by atoms with van der Waals surface area (Å²) < 4.78 is 0. The van der Waals surface area contributed by atoms with E-state index >= 15 is 0 Å². The van der Waals surface area contributed by atoms with Crippen molar-refractivity contribution in [3.8, 4) is 23.0 Å². The van der Waals surface area contributed by atoms with Crippen molar-refractivity contribution in [2.24, 2.45) is 0 Å². The number of hydrogen-bond acceptors (Lipinski definition) is 5. The van der Waals surface area contributed by atoms with Crippen LogP contribution in [0.25, 0.3) is 5.57 Å². The first-order chi connectivity index (χ1) is 17.1. The van der Waals surface area contributed by atoms with Crippen molar-refractivity contribution in [3.05, 3.63) is 125 Å². The highest BCUT2D eigenvalue weighted by Gasteiger charge is 2.22. The van der Waals surface area contributed by atoms with Crippen LogP contribution in [0.5, 0.6) is 23.0 Å². The second-order valence-electron chi connectivity index (χ2n) is 8.71. The smallest absolute Gasteiger partial charge is 0.328 e. The molecule has 0 fully saturated rings. The van der Waals surface area contributed by atoms with E-state index in [2.05, 4.69) is 13.8 Å². The fraction of sp³-hybridized carbons (Fsp3) is 0.100. The molecule has 0 amide bonds. The molecular weight excluding hydrogens is 456 g/mol. The molecule has 0 saturated carbocycles. The third-order valence-electron chi connectivity index (χ3n) is 5.80. The third-order valence-corrected chi connectivity index (χ3v) is 5.80. The standard InChI is InChI=1S/C15H12O4.C15H16O2/c16-12-5-1-10(2-6-12)14(9-15(18)19)11-3-7-13(17)8-4-11;1-15(2,11-3-7-13(16)8-4-11)12-5-9-14(17)10-6-12/h1-9,16-17H,(H,18,19);3-10,16-17H,1-2H3. The minimum absolute atomic E-state index is 0.115. The lowest BCUT2D eigenvalue weighted by Gasteiger charge is -2.26. The van der Waals surface area contributed by atoms with Gasteiger partial charge >= 0.3 is 5.97 Å². The van der Waals surface area contributed by atoms with Crippen LogP contribution in [0.4, 0.5) is 0 Å². The maximum atomic E-state index is 10.9. The van der Waals surface area contributed by atoms with E-state index in [1.807, 2.05) is 24.3 Å². The van der Waals surface area contributed by atoms with Gasteiger partial charge in [-0.25, -0.2) is 4.79 Å². The van der Waals surface area contributed by atoms with Gasteiger partial charge in [0.1, 0.15) is 23.0 Å². The van der Waals surface area contributed by atoms with Gasteiger partial charge in [-0.15, -0.1) is 0 Å². The number of aromatic hydroxyl groups is 4. The number of aliphatic carboxylic acids is 1. The summed E-state index contributed by atoms with van der Waals surface area (Å²) in [6.45, 7) is 4.23. The van der Waals surface area contributed by atoms with E-state index < -0.39 is 5.97 Å². The lowest BCUT2D eigenvalue weighted by atomic mass is 9.78. The van der Waals surface area contributed by atoms with Gasteiger partial charge in [0.05, 0.1) is 0 Å². The zero-order valence-corrected chi connectivity index (χ0v) is 20.0. The Hall–Kier alpha value is -4.71. The highest BCUT2D eigenvalue weighted by atomic mass is 16.4. The molecule has 0 heterocycles. The van der Waals surface area contributed by atoms with Crippen LogP contribution in [0.15, 0.2) is 103 Å². The average molecular weight is 485 g/mol. The van der Waals surface area contributed by atoms with Gasteiger partial charge in [0.25, 0.3) is 0 Å². The van der Waals surface area contributed by atoms with E-state index in [4.69, 9.17) is 5.11 Å². The van der Waals surface area contributed by atoms with Crippen molar-refractivity contribution in [3.63, 3.8) is 0 Å². The number of phenols is 4. The molecule has 0 bridgehead atoms. The summed E-state index contributed by atoms with van der Waals surface area (Å²) >= 11 is 0. The molecular formula is C30H28O6. The summed E-state index contributed by atoms with van der Waals surface area (Å²) in [5.41, 5.74) is 3.95. The molecule has 0 saturated heterocycles. The lowest BCUT2D eigenvalue weighted by molar-refractivity contribution is -0.131. The Morgan fingerprint density at radius 3 is 1.11 bits per heavy atom. The van der Waals surface area contributed by atoms with Crippen molar-refractivity contribution >= 4 is 11.5 Å². The Bertz CT molecular complexity index is 1220. The predicted molar refractivity (Wildman–Crippen MR) is 139 cm³/mol. The van der Waals surface area contributed by atoms with Crippen LogP contribution in [0.3, 0.4) is 0 Å². The van der Waals surface area contributed by atoms with Crippen LogP contribution in [0.2, 0.25) is 0 Å². The lowest BCUT2D eigenvalue weighted by Crippen LogP contribution is -2.18. The fourth-order valence-electron chi connectivity index (χ4n) is 3.66. The molecule has 0 aliphatic carbocycles. The van der Waals surface area contributed by atoms with Gasteiger partial charge in [0.15, 0.2) is 0 Å². The molecule has 0 aromatic heterocycles. The van der Waals surface area contributed by atoms with Gasteiger partial charge in [0.2, 0.25) is 0 Å². The molecule has 5 N–H and O–H groups in total. The van der Waals surface area contributed by atoms with E-state index in [1.54, 1.807) is 48.5 Å². The van der Waals surface area contributed by atoms with Crippen LogP contribution in [-0.4, -0.2) is 31.5 Å². The molecule has 0 atom stereocenters. The second kappa shape index (κ2) is 11.1. The molecule has 0 spiro atoms. The van der Waals surface area contributed by atoms with E-state index in [-0.39, 0.29) is 28.4 Å². The SMILES string of the molecule is CC(C)(c1ccc(O)cc1)c1ccc(O)cc1.O=C(O)C=C(c1ccc(O)cc1)c1ccc(O)cc1. The largest absolute Gasteiger partial charge is 0.508 e. The van der Waals surface area contributed by atoms with Crippen LogP contribution in [0, 0.1) is 0 Å². The Labute approximate surface area is 209 Å². The first-order valence-electron chi connectivity index (χ1n) is 11.2. The molecule has 0 unspecified atom stereocenters. The predicted octanol–water partition coefficient (Wildman–Crippen LogP) is 6.04. The molecule has 0 aliphatic rings. The second-order valence-corrected chi connectivity index (χ2v) is 8.71. The number of benzene rings is 4. The number of carboxylic acid groups (broad SMARTS) is 1. The Morgan fingerprint density at radius 1 is 0.556 bits per heavy atom. The Morgan fingerprint density at radius 2 is 0.833 bits per heavy atom. The van der Waals surface area contributed by atoms with Crippen LogP contribution in [0.1, 0.15) is 36.1 Å². The van der Waals surface area contributed by atoms with Crippen molar-refractivity contribution in [1.82, 2.24) is 0 Å². The summed E-state index contributed by atoms with van der Waals surface area (Å²) in [5, 5.41) is 46.1. The maximum absolute atomic E-state index is 10.9. The molecule has 6 nitrogen and oxygen atoms in total. The maximum Gasteiger partial charge on any atom is 0.328 e. The van der Waals surface area contributed by atoms with Crippen molar-refractivity contribution < 1.29 is 30.3 Å². The van der Waals surface area contributed by atoms with Gasteiger partial charge in [-0.05, 0) is 76.4 Å². The minimum atomic E-state index is -1.06. The van der Waals surface area contributed by atoms with Gasteiger partial charge in [-0.3, -0.25) is 0 Å². The van der Waals surface area contributed by atoms with Crippen molar-refractivity contribution in [1.29, 1.82) is 0 Å². The number of hydrogen-bond donors (Lipinski definition) is 5. The van der Waals surface area contributed by atoms with E-state index in [0.29, 0.717) is 16.7 Å². The highest BCUT2D eigenvalue weighted by molar-refractivity contribution is 5.95. The molecule has 4 rings (SSSR count). The number of carbonyl (C=O) groups is 1. The summed E-state index contributed by atoms with van der Waals surface area (Å²) in [6, 6.07) is 27.0. The minimum Gasteiger partial charge on any atom is -0.508 e. The summed E-state index contributed by atoms with van der Waals surface area (Å²) in [6.07, 6.45) is 1.10. The van der Waals surface area contributed by atoms with E-state index in [9.17, 15) is 25.2 Å². The van der Waals surface area contributed by atoms with Gasteiger partial charge in [-0.1, -0.05) is 62.4 Å². The molecule has 4 aromatic carbocycles. The van der Waals surface area contributed by atoms with Gasteiger partial charge in [-0.2, -0.15) is 0 Å². The van der Waals surface area contributed by atoms with E-state index in [0.717, 1.165) is 17.2 Å². The molecule has 0 aliphatic heterocycles. The van der Waals surface area contributed by atoms with Crippen LogP contribution >= 0.6 is 0 Å². The summed E-state index contributed by atoms with van der Waals surface area (Å²) in [4.78, 5) is 10.9. The van der Waals surface area contributed by atoms with Crippen LogP contribution < -0.4 is 0 Å². The molecule has 0 radical (unpaired) electrons. The normalized spacial score (nSPS) is 10.6. The number of phenolic OH excluding ortho intramolecular Hbond substituents is 4. The zero-order chi connectivity index (χ0) is 26.3. The first kappa shape index (κ1) is 25.9. The molecule has 4 aromatic rings. The van der Waals surface area contributed by atoms with Crippen molar-refractivity contribution in [2.45, 2.75) is 19.3 Å². The monoisotopic (exact) mass is 484 g/mol. The Kier molecular flexibility index (Phi) is 8.02. The highest BCUT2D eigenvalue weighted by Crippen LogP contribution is 2.33. The molecule has 6 heteroatoms.